The lowest BCUT2D eigenvalue weighted by atomic mass is 9.77. The van der Waals surface area contributed by atoms with Crippen LogP contribution in [0.4, 0.5) is 13.2 Å². The van der Waals surface area contributed by atoms with Gasteiger partial charge < -0.3 is 4.74 Å². The van der Waals surface area contributed by atoms with Gasteiger partial charge in [0.05, 0.1) is 18.6 Å². The molecule has 30 heavy (non-hydrogen) atoms. The minimum Gasteiger partial charge on any atom is -0.315 e. The van der Waals surface area contributed by atoms with Crippen molar-refractivity contribution in [3.8, 4) is 6.07 Å². The lowest BCUT2D eigenvalue weighted by Crippen LogP contribution is -2.24. The van der Waals surface area contributed by atoms with Crippen LogP contribution >= 0.6 is 0 Å². The molecule has 0 amide bonds. The summed E-state index contributed by atoms with van der Waals surface area (Å²) in [4.78, 5) is 0. The number of hydrogen-bond donors (Lipinski definition) is 0. The molecular formula is C25H28F3NO. The highest BCUT2D eigenvalue weighted by Gasteiger charge is 2.31. The fourth-order valence-corrected chi connectivity index (χ4v) is 4.32. The molecule has 0 unspecified atom stereocenters. The summed E-state index contributed by atoms with van der Waals surface area (Å²) >= 11 is 0. The number of nitrogens with zero attached hydrogens (tertiary/aromatic N) is 1. The van der Waals surface area contributed by atoms with E-state index < -0.39 is 18.3 Å². The summed E-state index contributed by atoms with van der Waals surface area (Å²) in [6, 6.07) is 12.9. The molecule has 0 aromatic heterocycles. The van der Waals surface area contributed by atoms with Crippen LogP contribution < -0.4 is 0 Å². The number of ether oxygens (including phenoxy) is 1. The first kappa shape index (κ1) is 22.4. The Bertz CT molecular complexity index is 865. The smallest absolute Gasteiger partial charge is 0.315 e. The zero-order valence-electron chi connectivity index (χ0n) is 17.3. The first-order chi connectivity index (χ1) is 14.4. The fourth-order valence-electron chi connectivity index (χ4n) is 4.32. The lowest BCUT2D eigenvalue weighted by molar-refractivity contribution is -0.244. The van der Waals surface area contributed by atoms with Crippen LogP contribution in [0.3, 0.4) is 0 Å². The van der Waals surface area contributed by atoms with Crippen molar-refractivity contribution in [3.05, 3.63) is 70.5 Å². The second-order valence-corrected chi connectivity index (χ2v) is 8.28. The summed E-state index contributed by atoms with van der Waals surface area (Å²) in [5.74, 6) is 0.608. The molecule has 0 aliphatic heterocycles. The summed E-state index contributed by atoms with van der Waals surface area (Å²) < 4.78 is 46.8. The second kappa shape index (κ2) is 10.1. The van der Waals surface area contributed by atoms with E-state index in [-0.39, 0.29) is 17.7 Å². The zero-order chi connectivity index (χ0) is 21.6. The first-order valence-corrected chi connectivity index (χ1v) is 10.7. The minimum absolute atomic E-state index is 0.0884. The molecule has 1 aliphatic carbocycles. The van der Waals surface area contributed by atoms with Crippen molar-refractivity contribution in [1.82, 2.24) is 0 Å². The van der Waals surface area contributed by atoms with E-state index in [0.29, 0.717) is 11.5 Å². The van der Waals surface area contributed by atoms with Gasteiger partial charge in [-0.15, -0.1) is 0 Å². The highest BCUT2D eigenvalue weighted by Crippen LogP contribution is 2.37. The highest BCUT2D eigenvalue weighted by atomic mass is 19.3. The Hall–Kier alpha value is -2.32. The molecule has 0 saturated heterocycles. The largest absolute Gasteiger partial charge is 0.360 e. The van der Waals surface area contributed by atoms with Gasteiger partial charge in [0.2, 0.25) is 0 Å². The van der Waals surface area contributed by atoms with E-state index in [0.717, 1.165) is 12.0 Å². The maximum Gasteiger partial charge on any atom is 0.360 e. The first-order valence-electron chi connectivity index (χ1n) is 10.7. The molecule has 3 rings (SSSR count). The summed E-state index contributed by atoms with van der Waals surface area (Å²) in [5.41, 5.74) is 1.88. The van der Waals surface area contributed by atoms with E-state index >= 15 is 0 Å². The SMILES string of the molecule is CCCC1CCC(c2ccc(COC(F)(F)Cc3ccc(C#N)c(F)c3)cc2)CC1. The van der Waals surface area contributed by atoms with Crippen LogP contribution in [0.1, 0.15) is 73.6 Å². The molecule has 160 valence electrons. The molecule has 2 aromatic rings. The van der Waals surface area contributed by atoms with Gasteiger partial charge in [-0.3, -0.25) is 0 Å². The fraction of sp³-hybridized carbons (Fsp3) is 0.480. The number of hydrogen-bond acceptors (Lipinski definition) is 2. The van der Waals surface area contributed by atoms with Gasteiger partial charge in [-0.25, -0.2) is 4.39 Å². The molecule has 0 N–H and O–H groups in total. The van der Waals surface area contributed by atoms with Crippen molar-refractivity contribution in [1.29, 1.82) is 5.26 Å². The van der Waals surface area contributed by atoms with E-state index in [9.17, 15) is 13.2 Å². The Morgan fingerprint density at radius 1 is 1.03 bits per heavy atom. The summed E-state index contributed by atoms with van der Waals surface area (Å²) in [7, 11) is 0. The number of rotatable bonds is 8. The third-order valence-electron chi connectivity index (χ3n) is 6.01. The third kappa shape index (κ3) is 6.09. The van der Waals surface area contributed by atoms with Crippen molar-refractivity contribution in [2.24, 2.45) is 5.92 Å². The zero-order valence-corrected chi connectivity index (χ0v) is 17.3. The molecule has 0 heterocycles. The maximum absolute atomic E-state index is 14.2. The predicted octanol–water partition coefficient (Wildman–Crippen LogP) is 7.12. The van der Waals surface area contributed by atoms with E-state index in [1.54, 1.807) is 6.07 Å². The average molecular weight is 415 g/mol. The van der Waals surface area contributed by atoms with Crippen LogP contribution in [0, 0.1) is 23.1 Å². The average Bonchev–Trinajstić information content (AvgIpc) is 2.73. The van der Waals surface area contributed by atoms with Gasteiger partial charge >= 0.3 is 6.11 Å². The van der Waals surface area contributed by atoms with Crippen molar-refractivity contribution >= 4 is 0 Å². The van der Waals surface area contributed by atoms with Crippen LogP contribution in [-0.2, 0) is 17.8 Å². The Balaban J connectivity index is 1.52. The van der Waals surface area contributed by atoms with Crippen molar-refractivity contribution in [3.63, 3.8) is 0 Å². The minimum atomic E-state index is -3.42. The van der Waals surface area contributed by atoms with Crippen LogP contribution in [0.15, 0.2) is 42.5 Å². The maximum atomic E-state index is 14.2. The number of halogens is 3. The Morgan fingerprint density at radius 3 is 2.30 bits per heavy atom. The Labute approximate surface area is 176 Å². The second-order valence-electron chi connectivity index (χ2n) is 8.28. The number of benzene rings is 2. The topological polar surface area (TPSA) is 33.0 Å². The molecule has 2 nitrogen and oxygen atoms in total. The molecule has 0 bridgehead atoms. The van der Waals surface area contributed by atoms with Gasteiger partial charge in [-0.05, 0) is 66.3 Å². The van der Waals surface area contributed by atoms with Crippen molar-refractivity contribution in [2.45, 2.75) is 70.5 Å². The van der Waals surface area contributed by atoms with Gasteiger partial charge in [0.25, 0.3) is 0 Å². The van der Waals surface area contributed by atoms with Gasteiger partial charge in [-0.2, -0.15) is 14.0 Å². The standard InChI is InChI=1S/C25H28F3NO/c1-2-3-18-4-9-21(10-5-18)22-11-6-19(7-12-22)17-30-25(27,28)15-20-8-13-23(16-29)24(26)14-20/h6-8,11-14,18,21H,2-5,9-10,15,17H2,1H3. The van der Waals surface area contributed by atoms with Crippen LogP contribution in [0.5, 0.6) is 0 Å². The van der Waals surface area contributed by atoms with E-state index in [1.807, 2.05) is 24.3 Å². The van der Waals surface area contributed by atoms with E-state index in [1.165, 1.54) is 56.2 Å². The van der Waals surface area contributed by atoms with Crippen LogP contribution in [0.25, 0.3) is 0 Å². The molecular weight excluding hydrogens is 387 g/mol. The van der Waals surface area contributed by atoms with Crippen LogP contribution in [0.2, 0.25) is 0 Å². The molecule has 1 fully saturated rings. The van der Waals surface area contributed by atoms with E-state index in [4.69, 9.17) is 10.00 Å². The molecule has 2 aromatic carbocycles. The van der Waals surface area contributed by atoms with Gasteiger partial charge in [0, 0.05) is 0 Å². The summed E-state index contributed by atoms with van der Waals surface area (Å²) in [6.07, 6.45) is 3.32. The summed E-state index contributed by atoms with van der Waals surface area (Å²) in [5, 5.41) is 8.73. The molecule has 0 atom stereocenters. The molecule has 1 aliphatic rings. The third-order valence-corrected chi connectivity index (χ3v) is 6.01. The number of nitriles is 1. The molecule has 0 radical (unpaired) electrons. The Kier molecular flexibility index (Phi) is 7.55. The molecule has 0 spiro atoms. The normalized spacial score (nSPS) is 19.4. The summed E-state index contributed by atoms with van der Waals surface area (Å²) in [6.45, 7) is 2.02. The molecule has 5 heteroatoms. The van der Waals surface area contributed by atoms with Gasteiger partial charge in [0.1, 0.15) is 11.9 Å². The monoisotopic (exact) mass is 415 g/mol. The van der Waals surface area contributed by atoms with Crippen molar-refractivity contribution < 1.29 is 17.9 Å². The number of alkyl halides is 2. The van der Waals surface area contributed by atoms with Crippen LogP contribution in [-0.4, -0.2) is 6.11 Å². The quantitative estimate of drug-likeness (QED) is 0.460. The predicted molar refractivity (Wildman–Crippen MR) is 111 cm³/mol. The highest BCUT2D eigenvalue weighted by molar-refractivity contribution is 5.33. The molecule has 1 saturated carbocycles. The Morgan fingerprint density at radius 2 is 1.70 bits per heavy atom. The lowest BCUT2D eigenvalue weighted by Gasteiger charge is -2.28. The van der Waals surface area contributed by atoms with Crippen molar-refractivity contribution in [2.75, 3.05) is 0 Å². The van der Waals surface area contributed by atoms with E-state index in [2.05, 4.69) is 6.92 Å². The van der Waals surface area contributed by atoms with Gasteiger partial charge in [-0.1, -0.05) is 50.1 Å². The van der Waals surface area contributed by atoms with Gasteiger partial charge in [0.15, 0.2) is 0 Å².